The third kappa shape index (κ3) is 4.43. The van der Waals surface area contributed by atoms with Crippen molar-refractivity contribution in [1.29, 1.82) is 0 Å². The first-order valence-electron chi connectivity index (χ1n) is 10.5. The molecule has 162 valence electrons. The molecule has 31 heavy (non-hydrogen) atoms. The minimum absolute atomic E-state index is 0.207. The monoisotopic (exact) mass is 420 g/mol. The Morgan fingerprint density at radius 3 is 2.45 bits per heavy atom. The Kier molecular flexibility index (Phi) is 5.72. The molecule has 6 heteroatoms. The van der Waals surface area contributed by atoms with Crippen LogP contribution in [0.3, 0.4) is 0 Å². The molecule has 0 saturated heterocycles. The zero-order valence-electron chi connectivity index (χ0n) is 18.4. The van der Waals surface area contributed by atoms with E-state index in [-0.39, 0.29) is 17.2 Å². The molecule has 1 saturated carbocycles. The van der Waals surface area contributed by atoms with Crippen LogP contribution in [0.25, 0.3) is 11.5 Å². The third-order valence-corrected chi connectivity index (χ3v) is 5.69. The summed E-state index contributed by atoms with van der Waals surface area (Å²) in [4.78, 5) is 17.6. The number of hydrogen-bond acceptors (Lipinski definition) is 5. The smallest absolute Gasteiger partial charge is 0.273 e. The Balaban J connectivity index is 1.53. The maximum Gasteiger partial charge on any atom is 0.273 e. The van der Waals surface area contributed by atoms with Crippen LogP contribution in [0.1, 0.15) is 54.4 Å². The van der Waals surface area contributed by atoms with Gasteiger partial charge in [0.2, 0.25) is 5.89 Å². The van der Waals surface area contributed by atoms with Gasteiger partial charge in [-0.1, -0.05) is 38.1 Å². The lowest BCUT2D eigenvalue weighted by Crippen LogP contribution is -2.37. The van der Waals surface area contributed by atoms with E-state index in [4.69, 9.17) is 13.9 Å². The molecule has 1 heterocycles. The number of amides is 1. The van der Waals surface area contributed by atoms with Gasteiger partial charge in [0.1, 0.15) is 5.76 Å². The second kappa shape index (κ2) is 8.46. The molecule has 1 aromatic heterocycles. The van der Waals surface area contributed by atoms with E-state index in [1.54, 1.807) is 14.2 Å². The van der Waals surface area contributed by atoms with Crippen LogP contribution in [-0.4, -0.2) is 31.7 Å². The molecular formula is C25H28N2O4. The molecular weight excluding hydrogens is 392 g/mol. The van der Waals surface area contributed by atoms with Crippen molar-refractivity contribution >= 4 is 5.91 Å². The van der Waals surface area contributed by atoms with E-state index < -0.39 is 0 Å². The fourth-order valence-corrected chi connectivity index (χ4v) is 3.57. The number of hydrogen-bond donors (Lipinski definition) is 1. The molecule has 0 radical (unpaired) electrons. The van der Waals surface area contributed by atoms with Crippen LogP contribution in [0.5, 0.6) is 11.5 Å². The van der Waals surface area contributed by atoms with E-state index in [1.807, 2.05) is 48.5 Å². The van der Waals surface area contributed by atoms with Gasteiger partial charge in [0.15, 0.2) is 17.2 Å². The van der Waals surface area contributed by atoms with Crippen molar-refractivity contribution in [3.8, 4) is 23.0 Å². The van der Waals surface area contributed by atoms with Gasteiger partial charge >= 0.3 is 0 Å². The summed E-state index contributed by atoms with van der Waals surface area (Å²) in [6.45, 7) is 4.60. The number of carbonyl (C=O) groups is 1. The van der Waals surface area contributed by atoms with Gasteiger partial charge in [-0.05, 0) is 42.7 Å². The van der Waals surface area contributed by atoms with Crippen molar-refractivity contribution in [2.24, 2.45) is 0 Å². The van der Waals surface area contributed by atoms with E-state index >= 15 is 0 Å². The minimum Gasteiger partial charge on any atom is -0.493 e. The van der Waals surface area contributed by atoms with Crippen LogP contribution in [0.2, 0.25) is 0 Å². The number of nitrogens with one attached hydrogen (secondary N) is 1. The Bertz CT molecular complexity index is 1070. The molecule has 1 aliphatic carbocycles. The van der Waals surface area contributed by atoms with Gasteiger partial charge in [-0.15, -0.1) is 0 Å². The summed E-state index contributed by atoms with van der Waals surface area (Å²) in [5, 5.41) is 3.06. The molecule has 0 bridgehead atoms. The number of aromatic nitrogens is 1. The van der Waals surface area contributed by atoms with Crippen LogP contribution in [0.4, 0.5) is 0 Å². The van der Waals surface area contributed by atoms with Crippen molar-refractivity contribution in [3.05, 3.63) is 65.5 Å². The zero-order chi connectivity index (χ0) is 22.0. The number of benzene rings is 2. The van der Waals surface area contributed by atoms with E-state index in [9.17, 15) is 4.79 Å². The molecule has 3 aromatic rings. The Morgan fingerprint density at radius 1 is 1.10 bits per heavy atom. The number of carbonyl (C=O) groups excluding carboxylic acids is 1. The summed E-state index contributed by atoms with van der Waals surface area (Å²) >= 11 is 0. The predicted octanol–water partition coefficient (Wildman–Crippen LogP) is 4.94. The Labute approximate surface area is 182 Å². The highest BCUT2D eigenvalue weighted by atomic mass is 16.5. The summed E-state index contributed by atoms with van der Waals surface area (Å²) in [5.74, 6) is 2.61. The van der Waals surface area contributed by atoms with Gasteiger partial charge in [-0.3, -0.25) is 4.79 Å². The highest BCUT2D eigenvalue weighted by Crippen LogP contribution is 2.43. The lowest BCUT2D eigenvalue weighted by molar-refractivity contribution is 0.0939. The molecule has 6 nitrogen and oxygen atoms in total. The van der Waals surface area contributed by atoms with Gasteiger partial charge in [-0.2, -0.15) is 0 Å². The fraction of sp³-hybridized carbons (Fsp3) is 0.360. The molecule has 0 aliphatic heterocycles. The van der Waals surface area contributed by atoms with Gasteiger partial charge in [-0.25, -0.2) is 4.98 Å². The summed E-state index contributed by atoms with van der Waals surface area (Å²) in [5.41, 5.74) is 1.98. The molecule has 1 amide bonds. The first-order valence-corrected chi connectivity index (χ1v) is 10.5. The molecule has 0 unspecified atom stereocenters. The molecule has 1 N–H and O–H groups in total. The van der Waals surface area contributed by atoms with Crippen molar-refractivity contribution < 1.29 is 18.7 Å². The summed E-state index contributed by atoms with van der Waals surface area (Å²) in [7, 11) is 3.23. The molecule has 2 aromatic carbocycles. The quantitative estimate of drug-likeness (QED) is 0.559. The Morgan fingerprint density at radius 2 is 1.81 bits per heavy atom. The third-order valence-electron chi connectivity index (χ3n) is 5.69. The van der Waals surface area contributed by atoms with E-state index in [1.165, 1.54) is 0 Å². The van der Waals surface area contributed by atoms with E-state index in [0.29, 0.717) is 35.4 Å². The lowest BCUT2D eigenvalue weighted by Gasteiger charge is -2.26. The summed E-state index contributed by atoms with van der Waals surface area (Å²) < 4.78 is 16.8. The zero-order valence-corrected chi connectivity index (χ0v) is 18.4. The highest BCUT2D eigenvalue weighted by Gasteiger charge is 2.34. The Hall–Kier alpha value is -3.28. The van der Waals surface area contributed by atoms with Crippen LogP contribution in [0, 0.1) is 0 Å². The van der Waals surface area contributed by atoms with E-state index in [2.05, 4.69) is 24.1 Å². The van der Waals surface area contributed by atoms with Crippen LogP contribution in [0.15, 0.2) is 52.9 Å². The molecule has 1 fully saturated rings. The molecule has 0 spiro atoms. The second-order valence-corrected chi connectivity index (χ2v) is 8.51. The number of methoxy groups -OCH3 is 2. The highest BCUT2D eigenvalue weighted by molar-refractivity contribution is 5.94. The average molecular weight is 421 g/mol. The fourth-order valence-electron chi connectivity index (χ4n) is 3.57. The number of rotatable bonds is 8. The van der Waals surface area contributed by atoms with Crippen molar-refractivity contribution in [1.82, 2.24) is 10.3 Å². The molecule has 4 rings (SSSR count). The standard InChI is InChI=1S/C25H28N2O4/c1-25(2,18-12-13-19(29-3)20(14-18)30-4)15-26-23(28)21-22(16-10-11-16)31-24(27-21)17-8-6-5-7-9-17/h5-9,12-14,16H,10-11,15H2,1-4H3,(H,26,28). The van der Waals surface area contributed by atoms with Crippen LogP contribution < -0.4 is 14.8 Å². The maximum absolute atomic E-state index is 13.1. The lowest BCUT2D eigenvalue weighted by atomic mass is 9.84. The molecule has 1 aliphatic rings. The predicted molar refractivity (Wildman–Crippen MR) is 119 cm³/mol. The van der Waals surface area contributed by atoms with Crippen LogP contribution in [-0.2, 0) is 5.41 Å². The topological polar surface area (TPSA) is 73.6 Å². The average Bonchev–Trinajstić information content (AvgIpc) is 3.55. The number of ether oxygens (including phenoxy) is 2. The molecule has 0 atom stereocenters. The maximum atomic E-state index is 13.1. The van der Waals surface area contributed by atoms with Gasteiger partial charge < -0.3 is 19.2 Å². The van der Waals surface area contributed by atoms with Crippen molar-refractivity contribution in [3.63, 3.8) is 0 Å². The normalized spacial score (nSPS) is 13.7. The first-order chi connectivity index (χ1) is 14.9. The second-order valence-electron chi connectivity index (χ2n) is 8.51. The first kappa shape index (κ1) is 21.0. The van der Waals surface area contributed by atoms with Crippen LogP contribution >= 0.6 is 0 Å². The van der Waals surface area contributed by atoms with Crippen molar-refractivity contribution in [2.45, 2.75) is 38.0 Å². The SMILES string of the molecule is COc1ccc(C(C)(C)CNC(=O)c2nc(-c3ccccc3)oc2C2CC2)cc1OC. The summed E-state index contributed by atoms with van der Waals surface area (Å²) in [6.07, 6.45) is 2.06. The number of oxazole rings is 1. The number of nitrogens with zero attached hydrogens (tertiary/aromatic N) is 1. The minimum atomic E-state index is -0.319. The van der Waals surface area contributed by atoms with Gasteiger partial charge in [0, 0.05) is 23.4 Å². The largest absolute Gasteiger partial charge is 0.493 e. The summed E-state index contributed by atoms with van der Waals surface area (Å²) in [6, 6.07) is 15.5. The van der Waals surface area contributed by atoms with Crippen molar-refractivity contribution in [2.75, 3.05) is 20.8 Å². The van der Waals surface area contributed by atoms with Gasteiger partial charge in [0.05, 0.1) is 14.2 Å². The van der Waals surface area contributed by atoms with Gasteiger partial charge in [0.25, 0.3) is 5.91 Å². The van der Waals surface area contributed by atoms with E-state index in [0.717, 1.165) is 24.0 Å².